The lowest BCUT2D eigenvalue weighted by molar-refractivity contribution is -0.117. The summed E-state index contributed by atoms with van der Waals surface area (Å²) in [4.78, 5) is 11.7. The summed E-state index contributed by atoms with van der Waals surface area (Å²) < 4.78 is 58.3. The maximum Gasteiger partial charge on any atom is 0.245 e. The van der Waals surface area contributed by atoms with E-state index in [1.807, 2.05) is 0 Å². The Morgan fingerprint density at radius 2 is 1.80 bits per heavy atom. The second-order valence-corrected chi connectivity index (χ2v) is 6.82. The van der Waals surface area contributed by atoms with Gasteiger partial charge in [-0.2, -0.15) is 4.72 Å². The molecule has 2 aromatic carbocycles. The van der Waals surface area contributed by atoms with E-state index in [1.54, 1.807) is 0 Å². The largest absolute Gasteiger partial charge is 0.495 e. The Hall–Kier alpha value is -2.52. The van der Waals surface area contributed by atoms with Crippen LogP contribution in [0.1, 0.15) is 6.92 Å². The van der Waals surface area contributed by atoms with E-state index >= 15 is 0 Å². The van der Waals surface area contributed by atoms with Crippen molar-refractivity contribution >= 4 is 21.6 Å². The van der Waals surface area contributed by atoms with Gasteiger partial charge in [0.2, 0.25) is 15.9 Å². The van der Waals surface area contributed by atoms with Crippen LogP contribution in [0.15, 0.2) is 47.4 Å². The molecule has 0 aliphatic heterocycles. The number of benzene rings is 2. The minimum atomic E-state index is -4.22. The standard InChI is InChI=1S/C16H16F2N2O4S/c1-10(16(21)19-13-5-3-4-11(17)8-13)20-25(22,23)15-9-12(18)6-7-14(15)24-2/h3-10,20H,1-2H3,(H,19,21). The van der Waals surface area contributed by atoms with Crippen LogP contribution in [0.4, 0.5) is 14.5 Å². The first-order valence-electron chi connectivity index (χ1n) is 7.15. The average molecular weight is 370 g/mol. The molecule has 0 aromatic heterocycles. The summed E-state index contributed by atoms with van der Waals surface area (Å²) in [7, 11) is -2.98. The summed E-state index contributed by atoms with van der Waals surface area (Å²) in [5.41, 5.74) is 0.180. The van der Waals surface area contributed by atoms with Gasteiger partial charge in [0.1, 0.15) is 22.3 Å². The van der Waals surface area contributed by atoms with E-state index in [0.717, 1.165) is 18.2 Å². The van der Waals surface area contributed by atoms with Crippen LogP contribution in [0.25, 0.3) is 0 Å². The number of carbonyl (C=O) groups excluding carboxylic acids is 1. The number of anilines is 1. The second-order valence-electron chi connectivity index (χ2n) is 5.14. The fourth-order valence-corrected chi connectivity index (χ4v) is 3.41. The van der Waals surface area contributed by atoms with Crippen molar-refractivity contribution in [2.45, 2.75) is 17.9 Å². The Kier molecular flexibility index (Phi) is 5.70. The molecule has 1 amide bonds. The molecule has 0 aliphatic rings. The van der Waals surface area contributed by atoms with Gasteiger partial charge >= 0.3 is 0 Å². The predicted molar refractivity (Wildman–Crippen MR) is 87.8 cm³/mol. The SMILES string of the molecule is COc1ccc(F)cc1S(=O)(=O)NC(C)C(=O)Nc1cccc(F)c1. The summed E-state index contributed by atoms with van der Waals surface area (Å²) in [6.45, 7) is 1.30. The van der Waals surface area contributed by atoms with Crippen molar-refractivity contribution in [2.24, 2.45) is 0 Å². The van der Waals surface area contributed by atoms with Crippen LogP contribution in [-0.2, 0) is 14.8 Å². The van der Waals surface area contributed by atoms with Crippen LogP contribution < -0.4 is 14.8 Å². The van der Waals surface area contributed by atoms with Crippen LogP contribution in [0.2, 0.25) is 0 Å². The van der Waals surface area contributed by atoms with Crippen molar-refractivity contribution < 1.29 is 26.7 Å². The van der Waals surface area contributed by atoms with Gasteiger partial charge in [0, 0.05) is 5.69 Å². The molecule has 0 fully saturated rings. The molecule has 1 atom stereocenters. The molecular formula is C16H16F2N2O4S. The molecule has 0 aliphatic carbocycles. The van der Waals surface area contributed by atoms with Crippen molar-refractivity contribution in [1.82, 2.24) is 4.72 Å². The number of hydrogen-bond acceptors (Lipinski definition) is 4. The highest BCUT2D eigenvalue weighted by Crippen LogP contribution is 2.24. The third-order valence-electron chi connectivity index (χ3n) is 3.23. The smallest absolute Gasteiger partial charge is 0.245 e. The number of rotatable bonds is 6. The molecule has 9 heteroatoms. The van der Waals surface area contributed by atoms with Crippen LogP contribution >= 0.6 is 0 Å². The van der Waals surface area contributed by atoms with E-state index in [0.29, 0.717) is 0 Å². The number of amides is 1. The first-order chi connectivity index (χ1) is 11.7. The van der Waals surface area contributed by atoms with Crippen molar-refractivity contribution in [3.63, 3.8) is 0 Å². The molecule has 2 aromatic rings. The van der Waals surface area contributed by atoms with Gasteiger partial charge < -0.3 is 10.1 Å². The number of hydrogen-bond donors (Lipinski definition) is 2. The van der Waals surface area contributed by atoms with E-state index in [9.17, 15) is 22.0 Å². The molecule has 25 heavy (non-hydrogen) atoms. The van der Waals surface area contributed by atoms with Gasteiger partial charge in [-0.05, 0) is 43.3 Å². The maximum atomic E-state index is 13.4. The zero-order valence-electron chi connectivity index (χ0n) is 13.4. The molecule has 0 heterocycles. The fraction of sp³-hybridized carbons (Fsp3) is 0.188. The highest BCUT2D eigenvalue weighted by molar-refractivity contribution is 7.89. The third-order valence-corrected chi connectivity index (χ3v) is 4.79. The summed E-state index contributed by atoms with van der Waals surface area (Å²) in [6.07, 6.45) is 0. The molecule has 0 radical (unpaired) electrons. The van der Waals surface area contributed by atoms with E-state index < -0.39 is 38.5 Å². The van der Waals surface area contributed by atoms with Gasteiger partial charge in [0.05, 0.1) is 13.2 Å². The second kappa shape index (κ2) is 7.58. The normalized spacial score (nSPS) is 12.5. The van der Waals surface area contributed by atoms with Gasteiger partial charge in [0.25, 0.3) is 0 Å². The molecule has 134 valence electrons. The van der Waals surface area contributed by atoms with Crippen LogP contribution in [0.5, 0.6) is 5.75 Å². The Morgan fingerprint density at radius 1 is 1.12 bits per heavy atom. The van der Waals surface area contributed by atoms with Gasteiger partial charge in [0.15, 0.2) is 0 Å². The van der Waals surface area contributed by atoms with Crippen molar-refractivity contribution in [2.75, 3.05) is 12.4 Å². The van der Waals surface area contributed by atoms with E-state index in [1.165, 1.54) is 38.3 Å². The molecule has 2 N–H and O–H groups in total. The first-order valence-corrected chi connectivity index (χ1v) is 8.63. The predicted octanol–water partition coefficient (Wildman–Crippen LogP) is 2.28. The molecule has 0 saturated heterocycles. The number of carbonyl (C=O) groups is 1. The molecule has 0 saturated carbocycles. The van der Waals surface area contributed by atoms with Crippen LogP contribution in [-0.4, -0.2) is 27.5 Å². The number of halogens is 2. The molecule has 0 bridgehead atoms. The fourth-order valence-electron chi connectivity index (χ4n) is 2.03. The lowest BCUT2D eigenvalue weighted by atomic mass is 10.3. The van der Waals surface area contributed by atoms with Crippen molar-refractivity contribution in [3.05, 3.63) is 54.1 Å². The molecule has 0 spiro atoms. The molecular weight excluding hydrogens is 354 g/mol. The Labute approximate surface area is 143 Å². The summed E-state index contributed by atoms with van der Waals surface area (Å²) in [6, 6.07) is 6.97. The number of nitrogens with one attached hydrogen (secondary N) is 2. The summed E-state index contributed by atoms with van der Waals surface area (Å²) in [5, 5.41) is 2.39. The Bertz CT molecular complexity index is 887. The van der Waals surface area contributed by atoms with Crippen LogP contribution in [0, 0.1) is 11.6 Å². The lowest BCUT2D eigenvalue weighted by Crippen LogP contribution is -2.41. The zero-order chi connectivity index (χ0) is 18.6. The maximum absolute atomic E-state index is 13.4. The minimum Gasteiger partial charge on any atom is -0.495 e. The average Bonchev–Trinajstić information content (AvgIpc) is 2.54. The number of methoxy groups -OCH3 is 1. The highest BCUT2D eigenvalue weighted by Gasteiger charge is 2.25. The monoisotopic (exact) mass is 370 g/mol. The number of ether oxygens (including phenoxy) is 1. The molecule has 2 rings (SSSR count). The van der Waals surface area contributed by atoms with Crippen molar-refractivity contribution in [1.29, 1.82) is 0 Å². The zero-order valence-corrected chi connectivity index (χ0v) is 14.2. The Balaban J connectivity index is 2.17. The quantitative estimate of drug-likeness (QED) is 0.817. The van der Waals surface area contributed by atoms with E-state index in [4.69, 9.17) is 4.74 Å². The van der Waals surface area contributed by atoms with Gasteiger partial charge in [-0.15, -0.1) is 0 Å². The van der Waals surface area contributed by atoms with Gasteiger partial charge in [-0.3, -0.25) is 4.79 Å². The molecule has 1 unspecified atom stereocenters. The summed E-state index contributed by atoms with van der Waals surface area (Å²) >= 11 is 0. The number of sulfonamides is 1. The third kappa shape index (κ3) is 4.74. The summed E-state index contributed by atoms with van der Waals surface area (Å²) in [5.74, 6) is -2.08. The van der Waals surface area contributed by atoms with Gasteiger partial charge in [-0.25, -0.2) is 17.2 Å². The van der Waals surface area contributed by atoms with E-state index in [-0.39, 0.29) is 11.4 Å². The van der Waals surface area contributed by atoms with Crippen molar-refractivity contribution in [3.8, 4) is 5.75 Å². The van der Waals surface area contributed by atoms with Gasteiger partial charge in [-0.1, -0.05) is 6.07 Å². The Morgan fingerprint density at radius 3 is 2.44 bits per heavy atom. The van der Waals surface area contributed by atoms with E-state index in [2.05, 4.69) is 10.0 Å². The highest BCUT2D eigenvalue weighted by atomic mass is 32.2. The minimum absolute atomic E-state index is 0.0633. The topological polar surface area (TPSA) is 84.5 Å². The molecule has 6 nitrogen and oxygen atoms in total. The first kappa shape index (κ1) is 18.8. The lowest BCUT2D eigenvalue weighted by Gasteiger charge is -2.16. The van der Waals surface area contributed by atoms with Crippen LogP contribution in [0.3, 0.4) is 0 Å².